The first-order valence-corrected chi connectivity index (χ1v) is 3.97. The molecule has 0 saturated carbocycles. The van der Waals surface area contributed by atoms with E-state index in [0.29, 0.717) is 0 Å². The van der Waals surface area contributed by atoms with Crippen LogP contribution in [0, 0.1) is 13.8 Å². The molecule has 0 saturated heterocycles. The van der Waals surface area contributed by atoms with Gasteiger partial charge in [-0.05, 0) is 37.6 Å². The second kappa shape index (κ2) is 3.86. The van der Waals surface area contributed by atoms with E-state index in [1.54, 1.807) is 6.08 Å². The molecule has 1 rings (SSSR count). The van der Waals surface area contributed by atoms with E-state index < -0.39 is 0 Å². The van der Waals surface area contributed by atoms with Gasteiger partial charge in [-0.15, -0.1) is 0 Å². The van der Waals surface area contributed by atoms with Crippen LogP contribution in [0.5, 0.6) is 0 Å². The molecule has 1 nitrogen and oxygen atoms in total. The summed E-state index contributed by atoms with van der Waals surface area (Å²) in [4.78, 5) is 4.34. The second-order valence-electron chi connectivity index (χ2n) is 2.81. The van der Waals surface area contributed by atoms with Gasteiger partial charge in [0.2, 0.25) is 0 Å². The third-order valence-corrected chi connectivity index (χ3v) is 1.52. The Kier molecular flexibility index (Phi) is 2.81. The SMILES string of the molecule is C=CC=Cc1cc(C)cc(C)n1. The lowest BCUT2D eigenvalue weighted by Crippen LogP contribution is -1.86. The van der Waals surface area contributed by atoms with Crippen LogP contribution in [-0.4, -0.2) is 4.98 Å². The minimum absolute atomic E-state index is 0.993. The monoisotopic (exact) mass is 159 g/mol. The summed E-state index contributed by atoms with van der Waals surface area (Å²) < 4.78 is 0. The van der Waals surface area contributed by atoms with Gasteiger partial charge in [-0.3, -0.25) is 4.98 Å². The summed E-state index contributed by atoms with van der Waals surface area (Å²) in [6, 6.07) is 4.11. The Balaban J connectivity index is 3.00. The van der Waals surface area contributed by atoms with Gasteiger partial charge in [-0.1, -0.05) is 18.7 Å². The molecule has 0 atom stereocenters. The number of allylic oxidation sites excluding steroid dienone is 2. The van der Waals surface area contributed by atoms with Crippen LogP contribution in [0.25, 0.3) is 6.08 Å². The largest absolute Gasteiger partial charge is 0.254 e. The molecule has 0 aromatic carbocycles. The zero-order valence-electron chi connectivity index (χ0n) is 7.54. The molecule has 0 fully saturated rings. The summed E-state index contributed by atoms with van der Waals surface area (Å²) in [5.74, 6) is 0. The molecule has 0 N–H and O–H groups in total. The Labute approximate surface area is 73.5 Å². The molecule has 1 heterocycles. The van der Waals surface area contributed by atoms with Crippen molar-refractivity contribution in [1.29, 1.82) is 0 Å². The van der Waals surface area contributed by atoms with Gasteiger partial charge in [0.1, 0.15) is 0 Å². The molecule has 0 radical (unpaired) electrons. The molecule has 0 bridgehead atoms. The first-order chi connectivity index (χ1) is 5.72. The van der Waals surface area contributed by atoms with Crippen LogP contribution in [0.1, 0.15) is 17.0 Å². The van der Waals surface area contributed by atoms with E-state index in [4.69, 9.17) is 0 Å². The summed E-state index contributed by atoms with van der Waals surface area (Å²) in [7, 11) is 0. The molecular weight excluding hydrogens is 146 g/mol. The highest BCUT2D eigenvalue weighted by Crippen LogP contribution is 2.05. The van der Waals surface area contributed by atoms with Crippen LogP contribution >= 0.6 is 0 Å². The van der Waals surface area contributed by atoms with Gasteiger partial charge in [-0.2, -0.15) is 0 Å². The summed E-state index contributed by atoms with van der Waals surface area (Å²) >= 11 is 0. The van der Waals surface area contributed by atoms with Crippen molar-refractivity contribution in [3.05, 3.63) is 47.8 Å². The average molecular weight is 159 g/mol. The zero-order chi connectivity index (χ0) is 8.97. The maximum atomic E-state index is 4.34. The minimum atomic E-state index is 0.993. The molecule has 1 heteroatoms. The van der Waals surface area contributed by atoms with E-state index in [9.17, 15) is 0 Å². The van der Waals surface area contributed by atoms with E-state index in [-0.39, 0.29) is 0 Å². The lowest BCUT2D eigenvalue weighted by atomic mass is 10.2. The molecule has 0 aliphatic heterocycles. The molecule has 12 heavy (non-hydrogen) atoms. The van der Waals surface area contributed by atoms with Crippen LogP contribution in [0.15, 0.2) is 30.9 Å². The minimum Gasteiger partial charge on any atom is -0.254 e. The lowest BCUT2D eigenvalue weighted by Gasteiger charge is -1.97. The molecule has 0 aliphatic carbocycles. The third kappa shape index (κ3) is 2.35. The van der Waals surface area contributed by atoms with Crippen LogP contribution < -0.4 is 0 Å². The number of hydrogen-bond acceptors (Lipinski definition) is 1. The van der Waals surface area contributed by atoms with Crippen molar-refractivity contribution in [2.75, 3.05) is 0 Å². The number of nitrogens with zero attached hydrogens (tertiary/aromatic N) is 1. The maximum absolute atomic E-state index is 4.34. The molecule has 0 spiro atoms. The van der Waals surface area contributed by atoms with Crippen LogP contribution in [0.3, 0.4) is 0 Å². The molecular formula is C11H13N. The Morgan fingerprint density at radius 1 is 1.33 bits per heavy atom. The highest BCUT2D eigenvalue weighted by Gasteiger charge is 1.91. The first-order valence-electron chi connectivity index (χ1n) is 3.97. The van der Waals surface area contributed by atoms with Gasteiger partial charge in [-0.25, -0.2) is 0 Å². The van der Waals surface area contributed by atoms with Crippen molar-refractivity contribution in [3.63, 3.8) is 0 Å². The van der Waals surface area contributed by atoms with Gasteiger partial charge in [0.15, 0.2) is 0 Å². The summed E-state index contributed by atoms with van der Waals surface area (Å²) in [5.41, 5.74) is 3.29. The fourth-order valence-electron chi connectivity index (χ4n) is 1.12. The number of rotatable bonds is 2. The van der Waals surface area contributed by atoms with Gasteiger partial charge in [0.05, 0.1) is 5.69 Å². The van der Waals surface area contributed by atoms with E-state index in [1.165, 1.54) is 5.56 Å². The molecule has 0 unspecified atom stereocenters. The van der Waals surface area contributed by atoms with Crippen LogP contribution in [0.4, 0.5) is 0 Å². The van der Waals surface area contributed by atoms with Gasteiger partial charge in [0.25, 0.3) is 0 Å². The maximum Gasteiger partial charge on any atom is 0.0635 e. The number of aryl methyl sites for hydroxylation is 2. The Morgan fingerprint density at radius 2 is 2.08 bits per heavy atom. The van der Waals surface area contributed by atoms with Crippen molar-refractivity contribution in [1.82, 2.24) is 4.98 Å². The fraction of sp³-hybridized carbons (Fsp3) is 0.182. The quantitative estimate of drug-likeness (QED) is 0.604. The lowest BCUT2D eigenvalue weighted by molar-refractivity contribution is 1.16. The van der Waals surface area contributed by atoms with Crippen LogP contribution in [-0.2, 0) is 0 Å². The van der Waals surface area contributed by atoms with Crippen LogP contribution in [0.2, 0.25) is 0 Å². The number of pyridine rings is 1. The molecule has 1 aromatic heterocycles. The topological polar surface area (TPSA) is 12.9 Å². The summed E-state index contributed by atoms with van der Waals surface area (Å²) in [6.45, 7) is 7.67. The Hall–Kier alpha value is -1.37. The fourth-order valence-corrected chi connectivity index (χ4v) is 1.12. The van der Waals surface area contributed by atoms with Crippen molar-refractivity contribution in [2.24, 2.45) is 0 Å². The smallest absolute Gasteiger partial charge is 0.0635 e. The molecule has 0 amide bonds. The highest BCUT2D eigenvalue weighted by atomic mass is 14.7. The van der Waals surface area contributed by atoms with Crippen molar-refractivity contribution in [3.8, 4) is 0 Å². The normalized spacial score (nSPS) is 10.5. The first kappa shape index (κ1) is 8.72. The van der Waals surface area contributed by atoms with E-state index >= 15 is 0 Å². The van der Waals surface area contributed by atoms with Gasteiger partial charge < -0.3 is 0 Å². The average Bonchev–Trinajstić information content (AvgIpc) is 1.99. The Bertz CT molecular complexity index is 291. The van der Waals surface area contributed by atoms with Crippen molar-refractivity contribution < 1.29 is 0 Å². The summed E-state index contributed by atoms with van der Waals surface area (Å²) in [5, 5.41) is 0. The highest BCUT2D eigenvalue weighted by molar-refractivity contribution is 5.47. The van der Waals surface area contributed by atoms with Crippen molar-refractivity contribution in [2.45, 2.75) is 13.8 Å². The second-order valence-corrected chi connectivity index (χ2v) is 2.81. The number of hydrogen-bond donors (Lipinski definition) is 0. The van der Waals surface area contributed by atoms with E-state index in [2.05, 4.69) is 24.6 Å². The van der Waals surface area contributed by atoms with Crippen molar-refractivity contribution >= 4 is 6.08 Å². The third-order valence-electron chi connectivity index (χ3n) is 1.52. The van der Waals surface area contributed by atoms with E-state index in [1.807, 2.05) is 25.1 Å². The molecule has 0 aliphatic rings. The zero-order valence-corrected chi connectivity index (χ0v) is 7.54. The predicted molar refractivity (Wildman–Crippen MR) is 52.9 cm³/mol. The molecule has 1 aromatic rings. The number of aromatic nitrogens is 1. The van der Waals surface area contributed by atoms with E-state index in [0.717, 1.165) is 11.4 Å². The molecule has 62 valence electrons. The van der Waals surface area contributed by atoms with Gasteiger partial charge in [0, 0.05) is 5.69 Å². The summed E-state index contributed by atoms with van der Waals surface area (Å²) in [6.07, 6.45) is 5.59. The Morgan fingerprint density at radius 3 is 2.67 bits per heavy atom. The predicted octanol–water partition coefficient (Wildman–Crippen LogP) is 2.90. The standard InChI is InChI=1S/C11H13N/c1-4-5-6-11-8-9(2)7-10(3)12-11/h4-8H,1H2,2-3H3. The van der Waals surface area contributed by atoms with Gasteiger partial charge >= 0.3 is 0 Å².